The quantitative estimate of drug-likeness (QED) is 0.791. The molecule has 0 spiro atoms. The number of nitrogens with zero attached hydrogens (tertiary/aromatic N) is 2. The molecular formula is C16H17N3O. The first-order valence-corrected chi connectivity index (χ1v) is 7.03. The number of nitrogens with two attached hydrogens (primary N) is 1. The second-order valence-corrected chi connectivity index (χ2v) is 5.50. The Morgan fingerprint density at radius 1 is 1.35 bits per heavy atom. The van der Waals surface area contributed by atoms with Crippen molar-refractivity contribution in [3.63, 3.8) is 0 Å². The van der Waals surface area contributed by atoms with Crippen molar-refractivity contribution in [2.24, 2.45) is 5.73 Å². The molecule has 1 aromatic carbocycles. The van der Waals surface area contributed by atoms with Crippen LogP contribution in [0.3, 0.4) is 0 Å². The fourth-order valence-corrected chi connectivity index (χ4v) is 2.74. The Kier molecular flexibility index (Phi) is 2.47. The standard InChI is InChI=1S/C16H17N3O/c1-10-6-7-20-15(10)16-18-13-8-11(9-17)2-5-14(13)19(16)12-3-4-12/h2,5-8,12H,3-4,9,17H2,1H3. The maximum absolute atomic E-state index is 5.72. The maximum Gasteiger partial charge on any atom is 0.177 e. The minimum Gasteiger partial charge on any atom is -0.461 e. The highest BCUT2D eigenvalue weighted by Gasteiger charge is 2.30. The van der Waals surface area contributed by atoms with Crippen LogP contribution in [0.15, 0.2) is 34.9 Å². The minimum absolute atomic E-state index is 0.543. The largest absolute Gasteiger partial charge is 0.461 e. The van der Waals surface area contributed by atoms with Crippen molar-refractivity contribution in [1.82, 2.24) is 9.55 Å². The van der Waals surface area contributed by atoms with E-state index in [1.165, 1.54) is 18.4 Å². The van der Waals surface area contributed by atoms with Crippen LogP contribution in [0.1, 0.15) is 30.0 Å². The first-order valence-electron chi connectivity index (χ1n) is 7.03. The summed E-state index contributed by atoms with van der Waals surface area (Å²) in [5.74, 6) is 1.82. The molecule has 102 valence electrons. The third-order valence-corrected chi connectivity index (χ3v) is 3.97. The molecule has 0 radical (unpaired) electrons. The lowest BCUT2D eigenvalue weighted by Crippen LogP contribution is -1.98. The first-order chi connectivity index (χ1) is 9.78. The maximum atomic E-state index is 5.72. The van der Waals surface area contributed by atoms with Crippen LogP contribution >= 0.6 is 0 Å². The van der Waals surface area contributed by atoms with Crippen LogP contribution in [0.5, 0.6) is 0 Å². The number of hydrogen-bond donors (Lipinski definition) is 1. The van der Waals surface area contributed by atoms with Crippen molar-refractivity contribution >= 4 is 11.0 Å². The summed E-state index contributed by atoms with van der Waals surface area (Å²) in [5.41, 5.74) is 10.1. The van der Waals surface area contributed by atoms with Gasteiger partial charge in [0.05, 0.1) is 17.3 Å². The third kappa shape index (κ3) is 1.68. The Bertz CT molecular complexity index is 780. The highest BCUT2D eigenvalue weighted by molar-refractivity contribution is 5.81. The number of aryl methyl sites for hydroxylation is 1. The predicted molar refractivity (Wildman–Crippen MR) is 78.3 cm³/mol. The van der Waals surface area contributed by atoms with E-state index in [4.69, 9.17) is 15.1 Å². The van der Waals surface area contributed by atoms with Gasteiger partial charge < -0.3 is 14.7 Å². The van der Waals surface area contributed by atoms with Gasteiger partial charge in [0, 0.05) is 12.6 Å². The number of furan rings is 1. The zero-order valence-corrected chi connectivity index (χ0v) is 11.5. The second-order valence-electron chi connectivity index (χ2n) is 5.50. The first kappa shape index (κ1) is 11.7. The van der Waals surface area contributed by atoms with Crippen molar-refractivity contribution in [3.8, 4) is 11.6 Å². The fraction of sp³-hybridized carbons (Fsp3) is 0.312. The van der Waals surface area contributed by atoms with Crippen LogP contribution in [0, 0.1) is 6.92 Å². The Balaban J connectivity index is 1.99. The van der Waals surface area contributed by atoms with Gasteiger partial charge in [-0.2, -0.15) is 0 Å². The topological polar surface area (TPSA) is 57.0 Å². The normalized spacial score (nSPS) is 15.1. The molecule has 1 saturated carbocycles. The van der Waals surface area contributed by atoms with Crippen LogP contribution < -0.4 is 5.73 Å². The minimum atomic E-state index is 0.543. The summed E-state index contributed by atoms with van der Waals surface area (Å²) in [6.45, 7) is 2.60. The highest BCUT2D eigenvalue weighted by atomic mass is 16.3. The van der Waals surface area contributed by atoms with Gasteiger partial charge in [-0.05, 0) is 49.1 Å². The molecule has 1 aliphatic carbocycles. The Labute approximate surface area is 117 Å². The number of rotatable bonds is 3. The number of hydrogen-bond acceptors (Lipinski definition) is 3. The van der Waals surface area contributed by atoms with Crippen LogP contribution in [0.2, 0.25) is 0 Å². The van der Waals surface area contributed by atoms with E-state index in [2.05, 4.69) is 29.7 Å². The molecule has 2 aromatic heterocycles. The lowest BCUT2D eigenvalue weighted by Gasteiger charge is -2.06. The van der Waals surface area contributed by atoms with Gasteiger partial charge in [-0.25, -0.2) is 4.98 Å². The number of imidazole rings is 1. The van der Waals surface area contributed by atoms with E-state index in [-0.39, 0.29) is 0 Å². The summed E-state index contributed by atoms with van der Waals surface area (Å²) in [6, 6.07) is 8.84. The highest BCUT2D eigenvalue weighted by Crippen LogP contribution is 2.42. The molecule has 0 aliphatic heterocycles. The van der Waals surface area contributed by atoms with Crippen LogP contribution in [0.4, 0.5) is 0 Å². The van der Waals surface area contributed by atoms with Gasteiger partial charge in [0.1, 0.15) is 0 Å². The summed E-state index contributed by atoms with van der Waals surface area (Å²) in [6.07, 6.45) is 4.17. The molecule has 0 saturated heterocycles. The van der Waals surface area contributed by atoms with E-state index in [9.17, 15) is 0 Å². The molecule has 0 bridgehead atoms. The molecule has 0 unspecified atom stereocenters. The van der Waals surface area contributed by atoms with Gasteiger partial charge in [-0.15, -0.1) is 0 Å². The SMILES string of the molecule is Cc1ccoc1-c1nc2cc(CN)ccc2n1C1CC1. The van der Waals surface area contributed by atoms with Crippen LogP contribution in [0.25, 0.3) is 22.6 Å². The summed E-state index contributed by atoms with van der Waals surface area (Å²) in [4.78, 5) is 4.80. The monoisotopic (exact) mass is 267 g/mol. The average molecular weight is 267 g/mol. The summed E-state index contributed by atoms with van der Waals surface area (Å²) < 4.78 is 7.97. The summed E-state index contributed by atoms with van der Waals surface area (Å²) in [7, 11) is 0. The van der Waals surface area contributed by atoms with Crippen molar-refractivity contribution in [2.45, 2.75) is 32.4 Å². The smallest absolute Gasteiger partial charge is 0.177 e. The van der Waals surface area contributed by atoms with Gasteiger partial charge in [0.25, 0.3) is 0 Å². The molecule has 4 heteroatoms. The van der Waals surface area contributed by atoms with E-state index in [0.717, 1.165) is 28.2 Å². The lowest BCUT2D eigenvalue weighted by molar-refractivity contribution is 0.569. The lowest BCUT2D eigenvalue weighted by atomic mass is 10.2. The van der Waals surface area contributed by atoms with Crippen molar-refractivity contribution in [3.05, 3.63) is 41.7 Å². The predicted octanol–water partition coefficient (Wildman–Crippen LogP) is 3.40. The van der Waals surface area contributed by atoms with Crippen molar-refractivity contribution < 1.29 is 4.42 Å². The van der Waals surface area contributed by atoms with Crippen molar-refractivity contribution in [2.75, 3.05) is 0 Å². The summed E-state index contributed by atoms with van der Waals surface area (Å²) >= 11 is 0. The molecule has 20 heavy (non-hydrogen) atoms. The molecule has 1 aliphatic rings. The third-order valence-electron chi connectivity index (χ3n) is 3.97. The molecule has 4 rings (SSSR count). The van der Waals surface area contributed by atoms with E-state index in [0.29, 0.717) is 12.6 Å². The molecule has 2 heterocycles. The number of benzene rings is 1. The fourth-order valence-electron chi connectivity index (χ4n) is 2.74. The molecule has 2 N–H and O–H groups in total. The molecule has 0 atom stereocenters. The van der Waals surface area contributed by atoms with Crippen LogP contribution in [-0.4, -0.2) is 9.55 Å². The van der Waals surface area contributed by atoms with Gasteiger partial charge in [0.2, 0.25) is 0 Å². The summed E-state index contributed by atoms with van der Waals surface area (Å²) in [5, 5.41) is 0. The van der Waals surface area contributed by atoms with Crippen molar-refractivity contribution in [1.29, 1.82) is 0 Å². The zero-order chi connectivity index (χ0) is 13.7. The van der Waals surface area contributed by atoms with E-state index >= 15 is 0 Å². The van der Waals surface area contributed by atoms with Gasteiger partial charge >= 0.3 is 0 Å². The Hall–Kier alpha value is -2.07. The molecular weight excluding hydrogens is 250 g/mol. The number of aromatic nitrogens is 2. The average Bonchev–Trinajstić information content (AvgIpc) is 3.10. The second kappa shape index (κ2) is 4.21. The molecule has 1 fully saturated rings. The van der Waals surface area contributed by atoms with Gasteiger partial charge in [-0.3, -0.25) is 0 Å². The zero-order valence-electron chi connectivity index (χ0n) is 11.5. The van der Waals surface area contributed by atoms with E-state index in [1.54, 1.807) is 6.26 Å². The molecule has 0 amide bonds. The Morgan fingerprint density at radius 2 is 2.20 bits per heavy atom. The van der Waals surface area contributed by atoms with Gasteiger partial charge in [-0.1, -0.05) is 6.07 Å². The van der Waals surface area contributed by atoms with Gasteiger partial charge in [0.15, 0.2) is 11.6 Å². The van der Waals surface area contributed by atoms with E-state index in [1.807, 2.05) is 6.07 Å². The van der Waals surface area contributed by atoms with E-state index < -0.39 is 0 Å². The molecule has 4 nitrogen and oxygen atoms in total. The number of fused-ring (bicyclic) bond motifs is 1. The Morgan fingerprint density at radius 3 is 2.85 bits per heavy atom. The van der Waals surface area contributed by atoms with Crippen LogP contribution in [-0.2, 0) is 6.54 Å². The molecule has 3 aromatic rings.